The molecule has 0 aliphatic heterocycles. The normalized spacial score (nSPS) is 11.5. The predicted molar refractivity (Wildman–Crippen MR) is 40.2 cm³/mol. The molecule has 0 bridgehead atoms. The summed E-state index contributed by atoms with van der Waals surface area (Å²) in [5.74, 6) is -0.309. The van der Waals surface area contributed by atoms with E-state index >= 15 is 0 Å². The highest BCUT2D eigenvalue weighted by atomic mass is 16.1. The number of nitrogens with one attached hydrogen (secondary N) is 1. The Morgan fingerprint density at radius 1 is 1.70 bits per heavy atom. The topological polar surface area (TPSA) is 55.1 Å². The number of primary amides is 1. The highest BCUT2D eigenvalue weighted by Gasteiger charge is 2.08. The molecule has 3 nitrogen and oxygen atoms in total. The largest absolute Gasteiger partial charge is 0.370 e. The maximum Gasteiger partial charge on any atom is 0.218 e. The molecule has 0 heterocycles. The molecule has 0 aromatic heterocycles. The van der Waals surface area contributed by atoms with Crippen molar-refractivity contribution in [1.82, 2.24) is 5.32 Å². The van der Waals surface area contributed by atoms with Gasteiger partial charge in [0.25, 0.3) is 0 Å². The van der Waals surface area contributed by atoms with Crippen LogP contribution in [-0.4, -0.2) is 18.0 Å². The fraction of sp³-hybridized carbons (Fsp3) is 0.714. The molecule has 0 atom stereocenters. The van der Waals surface area contributed by atoms with E-state index in [1.807, 2.05) is 13.8 Å². The third-order valence-corrected chi connectivity index (χ3v) is 0.952. The van der Waals surface area contributed by atoms with Crippen molar-refractivity contribution in [1.29, 1.82) is 0 Å². The summed E-state index contributed by atoms with van der Waals surface area (Å²) in [4.78, 5) is 10.2. The Bertz CT molecular complexity index is 115. The van der Waals surface area contributed by atoms with Crippen molar-refractivity contribution in [3.63, 3.8) is 0 Å². The zero-order valence-corrected chi connectivity index (χ0v) is 6.48. The van der Waals surface area contributed by atoms with Crippen LogP contribution in [-0.2, 0) is 4.79 Å². The van der Waals surface area contributed by atoms with Gasteiger partial charge < -0.3 is 11.1 Å². The second-order valence-electron chi connectivity index (χ2n) is 2.86. The van der Waals surface area contributed by atoms with Crippen LogP contribution < -0.4 is 11.1 Å². The van der Waals surface area contributed by atoms with E-state index in [0.29, 0.717) is 13.0 Å². The smallest absolute Gasteiger partial charge is 0.218 e. The molecule has 1 amide bonds. The fourth-order valence-electron chi connectivity index (χ4n) is 0.508. The third-order valence-electron chi connectivity index (χ3n) is 0.952. The van der Waals surface area contributed by atoms with Crippen LogP contribution in [0.2, 0.25) is 0 Å². The number of hydrogen-bond donors (Lipinski definition) is 2. The molecule has 0 fully saturated rings. The number of carbonyl (C=O) groups excluding carboxylic acids is 1. The van der Waals surface area contributed by atoms with Crippen LogP contribution in [0.4, 0.5) is 0 Å². The number of carbonyl (C=O) groups is 1. The number of nitrogens with two attached hydrogens (primary N) is 1. The van der Waals surface area contributed by atoms with E-state index in [4.69, 9.17) is 12.7 Å². The summed E-state index contributed by atoms with van der Waals surface area (Å²) in [6, 6.07) is 0. The Hall–Kier alpha value is -0.570. The lowest BCUT2D eigenvalue weighted by Crippen LogP contribution is -2.38. The minimum absolute atomic E-state index is 0.309. The monoisotopic (exact) mass is 142 g/mol. The molecule has 10 heavy (non-hydrogen) atoms. The molecule has 3 N–H and O–H groups in total. The van der Waals surface area contributed by atoms with Crippen molar-refractivity contribution in [2.24, 2.45) is 5.73 Å². The minimum Gasteiger partial charge on any atom is -0.370 e. The van der Waals surface area contributed by atoms with Crippen molar-refractivity contribution in [3.8, 4) is 0 Å². The maximum atomic E-state index is 10.2. The van der Waals surface area contributed by atoms with E-state index in [0.717, 1.165) is 0 Å². The molecule has 0 unspecified atom stereocenters. The lowest BCUT2D eigenvalue weighted by Gasteiger charge is -2.19. The van der Waals surface area contributed by atoms with Crippen molar-refractivity contribution < 1.29 is 4.79 Å². The van der Waals surface area contributed by atoms with Crippen LogP contribution in [0.3, 0.4) is 0 Å². The van der Waals surface area contributed by atoms with E-state index in [2.05, 4.69) is 5.32 Å². The summed E-state index contributed by atoms with van der Waals surface area (Å²) in [7, 11) is 0. The fourth-order valence-corrected chi connectivity index (χ4v) is 0.508. The van der Waals surface area contributed by atoms with Gasteiger partial charge in [-0.1, -0.05) is 0 Å². The van der Waals surface area contributed by atoms with E-state index < -0.39 is 5.54 Å². The third kappa shape index (κ3) is 7.43. The Morgan fingerprint density at radius 3 is 2.50 bits per heavy atom. The first-order valence-electron chi connectivity index (χ1n) is 3.24. The second kappa shape index (κ2) is 3.56. The van der Waals surface area contributed by atoms with Crippen LogP contribution in [0.5, 0.6) is 0 Å². The predicted octanol–water partition coefficient (Wildman–Crippen LogP) is -0.0589. The first-order valence-corrected chi connectivity index (χ1v) is 3.24. The standard InChI is InChI=1S/C7H14N2O/c1-7(2,3)9-5-4-6(8)10/h1,9H,4-5H2,2-3H3,(H2,8,10). The molecule has 0 spiro atoms. The van der Waals surface area contributed by atoms with Gasteiger partial charge in [-0.3, -0.25) is 4.79 Å². The van der Waals surface area contributed by atoms with Crippen molar-refractivity contribution in [2.45, 2.75) is 25.8 Å². The second-order valence-corrected chi connectivity index (χ2v) is 2.86. The average molecular weight is 142 g/mol. The minimum atomic E-state index is -0.421. The highest BCUT2D eigenvalue weighted by Crippen LogP contribution is 1.96. The zero-order chi connectivity index (χ0) is 8.20. The molecule has 0 aromatic carbocycles. The van der Waals surface area contributed by atoms with Crippen LogP contribution in [0, 0.1) is 6.92 Å². The van der Waals surface area contributed by atoms with Gasteiger partial charge in [-0.2, -0.15) is 0 Å². The quantitative estimate of drug-likeness (QED) is 0.578. The highest BCUT2D eigenvalue weighted by molar-refractivity contribution is 5.73. The number of rotatable bonds is 4. The van der Waals surface area contributed by atoms with Crippen molar-refractivity contribution in [2.75, 3.05) is 6.54 Å². The number of amides is 1. The molecule has 58 valence electrons. The van der Waals surface area contributed by atoms with Crippen LogP contribution in [0.1, 0.15) is 20.3 Å². The molecular formula is C7H14N2O. The van der Waals surface area contributed by atoms with Gasteiger partial charge in [-0.05, 0) is 20.8 Å². The molecular weight excluding hydrogens is 128 g/mol. The lowest BCUT2D eigenvalue weighted by molar-refractivity contribution is -0.117. The van der Waals surface area contributed by atoms with E-state index in [-0.39, 0.29) is 5.91 Å². The lowest BCUT2D eigenvalue weighted by atomic mass is 10.1. The van der Waals surface area contributed by atoms with Gasteiger partial charge >= 0.3 is 0 Å². The molecule has 0 aromatic rings. The summed E-state index contributed by atoms with van der Waals surface area (Å²) >= 11 is 0. The Balaban J connectivity index is 3.29. The van der Waals surface area contributed by atoms with Gasteiger partial charge in [0.05, 0.1) is 0 Å². The van der Waals surface area contributed by atoms with E-state index in [9.17, 15) is 4.79 Å². The molecule has 0 saturated carbocycles. The van der Waals surface area contributed by atoms with E-state index in [1.54, 1.807) is 0 Å². The van der Waals surface area contributed by atoms with Gasteiger partial charge in [0.1, 0.15) is 0 Å². The van der Waals surface area contributed by atoms with Crippen LogP contribution in [0.25, 0.3) is 0 Å². The number of hydrogen-bond acceptors (Lipinski definition) is 2. The Kier molecular flexibility index (Phi) is 3.36. The molecule has 0 aliphatic rings. The summed E-state index contributed by atoms with van der Waals surface area (Å²) in [5, 5.41) is 2.93. The average Bonchev–Trinajstić information content (AvgIpc) is 1.59. The van der Waals surface area contributed by atoms with Gasteiger partial charge in [-0.15, -0.1) is 0 Å². The van der Waals surface area contributed by atoms with Crippen LogP contribution in [0.15, 0.2) is 0 Å². The van der Waals surface area contributed by atoms with E-state index in [1.165, 1.54) is 0 Å². The molecule has 0 rings (SSSR count). The molecule has 2 radical (unpaired) electrons. The van der Waals surface area contributed by atoms with Gasteiger partial charge in [0, 0.05) is 18.5 Å². The van der Waals surface area contributed by atoms with Crippen molar-refractivity contribution in [3.05, 3.63) is 6.92 Å². The van der Waals surface area contributed by atoms with Gasteiger partial charge in [-0.25, -0.2) is 0 Å². The summed E-state index contributed by atoms with van der Waals surface area (Å²) in [6.07, 6.45) is 0.334. The summed E-state index contributed by atoms with van der Waals surface area (Å²) < 4.78 is 0. The summed E-state index contributed by atoms with van der Waals surface area (Å²) in [6.45, 7) is 9.75. The molecule has 0 saturated heterocycles. The first-order chi connectivity index (χ1) is 4.42. The Labute approximate surface area is 62.0 Å². The Morgan fingerprint density at radius 2 is 2.20 bits per heavy atom. The summed E-state index contributed by atoms with van der Waals surface area (Å²) in [5.41, 5.74) is 4.48. The molecule has 0 aliphatic carbocycles. The van der Waals surface area contributed by atoms with Gasteiger partial charge in [0.15, 0.2) is 0 Å². The first kappa shape index (κ1) is 9.43. The van der Waals surface area contributed by atoms with Crippen LogP contribution >= 0.6 is 0 Å². The molecule has 3 heteroatoms. The maximum absolute atomic E-state index is 10.2. The van der Waals surface area contributed by atoms with Gasteiger partial charge in [0.2, 0.25) is 5.91 Å². The SMILES string of the molecule is [CH]C(C)(C)NCCC(N)=O. The zero-order valence-electron chi connectivity index (χ0n) is 6.48. The van der Waals surface area contributed by atoms with Crippen molar-refractivity contribution >= 4 is 5.91 Å².